The molecule has 4 nitrogen and oxygen atoms in total. The number of hydrogen-bond acceptors (Lipinski definition) is 3. The highest BCUT2D eigenvalue weighted by atomic mass is 15.2. The number of H-pyrrole nitrogens is 1. The minimum atomic E-state index is 0.685. The van der Waals surface area contributed by atoms with Gasteiger partial charge in [-0.05, 0) is 25.8 Å². The van der Waals surface area contributed by atoms with Crippen molar-refractivity contribution in [3.8, 4) is 0 Å². The van der Waals surface area contributed by atoms with Gasteiger partial charge in [-0.2, -0.15) is 5.10 Å². The SMILES string of the molecule is Cc1n[nH]c(C)c1CN(CCN)CCc1ccccc1. The van der Waals surface area contributed by atoms with E-state index in [1.807, 2.05) is 0 Å². The lowest BCUT2D eigenvalue weighted by molar-refractivity contribution is 0.275. The van der Waals surface area contributed by atoms with Gasteiger partial charge in [-0.3, -0.25) is 10.00 Å². The maximum Gasteiger partial charge on any atom is 0.0639 e. The van der Waals surface area contributed by atoms with Gasteiger partial charge in [0.2, 0.25) is 0 Å². The predicted octanol–water partition coefficient (Wildman–Crippen LogP) is 2.03. The number of rotatable bonds is 7. The first kappa shape index (κ1) is 14.8. The smallest absolute Gasteiger partial charge is 0.0639 e. The summed E-state index contributed by atoms with van der Waals surface area (Å²) in [5.74, 6) is 0. The Morgan fingerprint density at radius 2 is 1.90 bits per heavy atom. The van der Waals surface area contributed by atoms with E-state index in [0.29, 0.717) is 6.54 Å². The van der Waals surface area contributed by atoms with Crippen LogP contribution in [0.3, 0.4) is 0 Å². The van der Waals surface area contributed by atoms with Gasteiger partial charge < -0.3 is 5.73 Å². The van der Waals surface area contributed by atoms with Crippen molar-refractivity contribution in [2.45, 2.75) is 26.8 Å². The van der Waals surface area contributed by atoms with Gasteiger partial charge in [0, 0.05) is 37.4 Å². The van der Waals surface area contributed by atoms with Gasteiger partial charge >= 0.3 is 0 Å². The highest BCUT2D eigenvalue weighted by Gasteiger charge is 2.11. The first-order valence-electron chi connectivity index (χ1n) is 7.17. The molecule has 0 aliphatic carbocycles. The quantitative estimate of drug-likeness (QED) is 0.811. The molecular weight excluding hydrogens is 248 g/mol. The van der Waals surface area contributed by atoms with Crippen molar-refractivity contribution in [1.29, 1.82) is 0 Å². The summed E-state index contributed by atoms with van der Waals surface area (Å²) >= 11 is 0. The van der Waals surface area contributed by atoms with Gasteiger partial charge in [-0.25, -0.2) is 0 Å². The molecule has 4 heteroatoms. The van der Waals surface area contributed by atoms with Crippen molar-refractivity contribution >= 4 is 0 Å². The summed E-state index contributed by atoms with van der Waals surface area (Å²) < 4.78 is 0. The highest BCUT2D eigenvalue weighted by molar-refractivity contribution is 5.23. The second-order valence-corrected chi connectivity index (χ2v) is 5.21. The molecule has 0 amide bonds. The zero-order valence-corrected chi connectivity index (χ0v) is 12.4. The molecule has 0 fully saturated rings. The molecule has 20 heavy (non-hydrogen) atoms. The third kappa shape index (κ3) is 3.92. The molecular formula is C16H24N4. The molecule has 0 aliphatic heterocycles. The van der Waals surface area contributed by atoms with Crippen LogP contribution in [0.25, 0.3) is 0 Å². The van der Waals surface area contributed by atoms with Crippen LogP contribution in [-0.4, -0.2) is 34.7 Å². The molecule has 0 aliphatic rings. The van der Waals surface area contributed by atoms with E-state index >= 15 is 0 Å². The lowest BCUT2D eigenvalue weighted by atomic mass is 10.1. The molecule has 1 heterocycles. The molecule has 1 aromatic heterocycles. The van der Waals surface area contributed by atoms with Gasteiger partial charge in [-0.15, -0.1) is 0 Å². The van der Waals surface area contributed by atoms with Crippen molar-refractivity contribution in [1.82, 2.24) is 15.1 Å². The van der Waals surface area contributed by atoms with E-state index in [0.717, 1.165) is 37.4 Å². The average Bonchev–Trinajstić information content (AvgIpc) is 2.78. The van der Waals surface area contributed by atoms with Crippen LogP contribution in [0.1, 0.15) is 22.5 Å². The van der Waals surface area contributed by atoms with Crippen LogP contribution in [0.5, 0.6) is 0 Å². The lowest BCUT2D eigenvalue weighted by Gasteiger charge is -2.21. The van der Waals surface area contributed by atoms with Gasteiger partial charge in [0.1, 0.15) is 0 Å². The number of aromatic nitrogens is 2. The van der Waals surface area contributed by atoms with E-state index < -0.39 is 0 Å². The fraction of sp³-hybridized carbons (Fsp3) is 0.438. The highest BCUT2D eigenvalue weighted by Crippen LogP contribution is 2.13. The van der Waals surface area contributed by atoms with Crippen molar-refractivity contribution < 1.29 is 0 Å². The molecule has 2 aromatic rings. The Hall–Kier alpha value is -1.65. The van der Waals surface area contributed by atoms with Gasteiger partial charge in [0.15, 0.2) is 0 Å². The molecule has 108 valence electrons. The number of hydrogen-bond donors (Lipinski definition) is 2. The Morgan fingerprint density at radius 3 is 2.50 bits per heavy atom. The first-order chi connectivity index (χ1) is 9.70. The van der Waals surface area contributed by atoms with Crippen LogP contribution < -0.4 is 5.73 Å². The van der Waals surface area contributed by atoms with E-state index in [-0.39, 0.29) is 0 Å². The van der Waals surface area contributed by atoms with E-state index in [1.54, 1.807) is 0 Å². The zero-order valence-electron chi connectivity index (χ0n) is 12.4. The van der Waals surface area contributed by atoms with Crippen molar-refractivity contribution in [2.24, 2.45) is 5.73 Å². The fourth-order valence-electron chi connectivity index (χ4n) is 2.42. The van der Waals surface area contributed by atoms with Crippen LogP contribution in [0.2, 0.25) is 0 Å². The monoisotopic (exact) mass is 272 g/mol. The van der Waals surface area contributed by atoms with Gasteiger partial charge in [-0.1, -0.05) is 30.3 Å². The standard InChI is InChI=1S/C16H24N4/c1-13-16(14(2)19-18-13)12-20(11-9-17)10-8-15-6-4-3-5-7-15/h3-7H,8-12,17H2,1-2H3,(H,18,19). The minimum Gasteiger partial charge on any atom is -0.329 e. The minimum absolute atomic E-state index is 0.685. The van der Waals surface area contributed by atoms with Gasteiger partial charge in [0.25, 0.3) is 0 Å². The van der Waals surface area contributed by atoms with Crippen molar-refractivity contribution in [2.75, 3.05) is 19.6 Å². The maximum absolute atomic E-state index is 5.74. The molecule has 0 bridgehead atoms. The summed E-state index contributed by atoms with van der Waals surface area (Å²) in [5.41, 5.74) is 10.7. The Kier molecular flexibility index (Phi) is 5.32. The number of nitrogens with one attached hydrogen (secondary N) is 1. The molecule has 0 radical (unpaired) electrons. The summed E-state index contributed by atoms with van der Waals surface area (Å²) in [7, 11) is 0. The van der Waals surface area contributed by atoms with Crippen LogP contribution in [0.15, 0.2) is 30.3 Å². The van der Waals surface area contributed by atoms with Crippen LogP contribution in [0.4, 0.5) is 0 Å². The average molecular weight is 272 g/mol. The summed E-state index contributed by atoms with van der Waals surface area (Å²) in [6.07, 6.45) is 1.05. The lowest BCUT2D eigenvalue weighted by Crippen LogP contribution is -2.31. The maximum atomic E-state index is 5.74. The topological polar surface area (TPSA) is 57.9 Å². The molecule has 1 aromatic carbocycles. The summed E-state index contributed by atoms with van der Waals surface area (Å²) in [5, 5.41) is 7.31. The van der Waals surface area contributed by atoms with E-state index in [4.69, 9.17) is 5.73 Å². The number of nitrogens with two attached hydrogens (primary N) is 1. The van der Waals surface area contributed by atoms with E-state index in [9.17, 15) is 0 Å². The number of aryl methyl sites for hydroxylation is 2. The molecule has 3 N–H and O–H groups in total. The second-order valence-electron chi connectivity index (χ2n) is 5.21. The predicted molar refractivity (Wildman–Crippen MR) is 82.5 cm³/mol. The summed E-state index contributed by atoms with van der Waals surface area (Å²) in [6, 6.07) is 10.6. The van der Waals surface area contributed by atoms with Crippen LogP contribution in [-0.2, 0) is 13.0 Å². The Bertz CT molecular complexity index is 499. The number of nitrogens with zero attached hydrogens (tertiary/aromatic N) is 2. The number of benzene rings is 1. The van der Waals surface area contributed by atoms with Gasteiger partial charge in [0.05, 0.1) is 5.69 Å². The number of aromatic amines is 1. The normalized spacial score (nSPS) is 11.2. The van der Waals surface area contributed by atoms with E-state index in [2.05, 4.69) is 59.3 Å². The summed E-state index contributed by atoms with van der Waals surface area (Å²) in [6.45, 7) is 7.66. The Labute approximate surface area is 121 Å². The second kappa shape index (κ2) is 7.22. The van der Waals surface area contributed by atoms with Crippen molar-refractivity contribution in [3.63, 3.8) is 0 Å². The molecule has 0 unspecified atom stereocenters. The third-order valence-electron chi connectivity index (χ3n) is 3.67. The first-order valence-corrected chi connectivity index (χ1v) is 7.17. The van der Waals surface area contributed by atoms with Crippen LogP contribution >= 0.6 is 0 Å². The van der Waals surface area contributed by atoms with E-state index in [1.165, 1.54) is 11.1 Å². The summed E-state index contributed by atoms with van der Waals surface area (Å²) in [4.78, 5) is 2.40. The molecule has 0 saturated heterocycles. The fourth-order valence-corrected chi connectivity index (χ4v) is 2.42. The zero-order chi connectivity index (χ0) is 14.4. The third-order valence-corrected chi connectivity index (χ3v) is 3.67. The molecule has 0 saturated carbocycles. The Morgan fingerprint density at radius 1 is 1.15 bits per heavy atom. The largest absolute Gasteiger partial charge is 0.329 e. The molecule has 2 rings (SSSR count). The van der Waals surface area contributed by atoms with Crippen LogP contribution in [0, 0.1) is 13.8 Å². The van der Waals surface area contributed by atoms with Crippen molar-refractivity contribution in [3.05, 3.63) is 52.8 Å². The molecule has 0 spiro atoms. The Balaban J connectivity index is 1.97. The molecule has 0 atom stereocenters.